The Bertz CT molecular complexity index is 845. The molecule has 3 heterocycles. The number of hydrogen-bond acceptors (Lipinski definition) is 10. The van der Waals surface area contributed by atoms with Crippen molar-refractivity contribution in [1.29, 1.82) is 0 Å². The summed E-state index contributed by atoms with van der Waals surface area (Å²) in [7, 11) is 0. The molecule has 31 heavy (non-hydrogen) atoms. The second-order valence-electron chi connectivity index (χ2n) is 7.53. The number of aromatic nitrogens is 3. The fourth-order valence-corrected chi connectivity index (χ4v) is 3.32. The third kappa shape index (κ3) is 5.80. The maximum Gasteiger partial charge on any atom is 0.250 e. The minimum atomic E-state index is 0.0817. The number of hydrogen-bond donors (Lipinski definition) is 1. The smallest absolute Gasteiger partial charge is 0.250 e. The van der Waals surface area contributed by atoms with Crippen molar-refractivity contribution < 1.29 is 14.2 Å². The van der Waals surface area contributed by atoms with E-state index in [1.165, 1.54) is 0 Å². The molecule has 0 amide bonds. The maximum absolute atomic E-state index is 5.85. The van der Waals surface area contributed by atoms with E-state index in [0.29, 0.717) is 44.3 Å². The highest BCUT2D eigenvalue weighted by molar-refractivity contribution is 5.83. The first kappa shape index (κ1) is 21.3. The first-order valence-corrected chi connectivity index (χ1v) is 10.7. The second-order valence-corrected chi connectivity index (χ2v) is 7.53. The Morgan fingerprint density at radius 3 is 2.10 bits per heavy atom. The summed E-state index contributed by atoms with van der Waals surface area (Å²) in [6.45, 7) is 9.61. The first-order chi connectivity index (χ1) is 15.2. The van der Waals surface area contributed by atoms with Crippen molar-refractivity contribution in [2.24, 2.45) is 5.10 Å². The van der Waals surface area contributed by atoms with Crippen LogP contribution in [-0.4, -0.2) is 79.9 Å². The molecule has 10 heteroatoms. The monoisotopic (exact) mass is 427 g/mol. The molecule has 0 spiro atoms. The van der Waals surface area contributed by atoms with E-state index >= 15 is 0 Å². The van der Waals surface area contributed by atoms with Crippen molar-refractivity contribution in [2.45, 2.75) is 20.0 Å². The average Bonchev–Trinajstić information content (AvgIpc) is 2.81. The van der Waals surface area contributed by atoms with E-state index in [1.54, 1.807) is 6.21 Å². The molecule has 1 aromatic carbocycles. The Balaban J connectivity index is 1.54. The molecule has 2 aromatic rings. The summed E-state index contributed by atoms with van der Waals surface area (Å²) in [4.78, 5) is 18.1. The zero-order valence-corrected chi connectivity index (χ0v) is 18.0. The lowest BCUT2D eigenvalue weighted by atomic mass is 10.2. The van der Waals surface area contributed by atoms with Crippen LogP contribution in [0.15, 0.2) is 29.4 Å². The molecular formula is C21H29N7O3. The Morgan fingerprint density at radius 2 is 1.52 bits per heavy atom. The minimum Gasteiger partial charge on any atom is -0.490 e. The van der Waals surface area contributed by atoms with Crippen LogP contribution in [0.3, 0.4) is 0 Å². The van der Waals surface area contributed by atoms with Gasteiger partial charge in [0.1, 0.15) is 5.75 Å². The van der Waals surface area contributed by atoms with Crippen LogP contribution in [0, 0.1) is 0 Å². The molecular weight excluding hydrogens is 398 g/mol. The quantitative estimate of drug-likeness (QED) is 0.524. The van der Waals surface area contributed by atoms with Gasteiger partial charge in [0.05, 0.1) is 38.7 Å². The van der Waals surface area contributed by atoms with Gasteiger partial charge in [-0.1, -0.05) is 12.1 Å². The van der Waals surface area contributed by atoms with Crippen molar-refractivity contribution in [3.05, 3.63) is 29.8 Å². The zero-order valence-electron chi connectivity index (χ0n) is 18.0. The van der Waals surface area contributed by atoms with Crippen LogP contribution in [0.4, 0.5) is 17.8 Å². The summed E-state index contributed by atoms with van der Waals surface area (Å²) in [6, 6.07) is 7.77. The normalized spacial score (nSPS) is 17.4. The van der Waals surface area contributed by atoms with Crippen LogP contribution in [-0.2, 0) is 9.47 Å². The van der Waals surface area contributed by atoms with E-state index in [1.807, 2.05) is 38.1 Å². The molecule has 0 aliphatic carbocycles. The average molecular weight is 428 g/mol. The highest BCUT2D eigenvalue weighted by Crippen LogP contribution is 2.20. The molecule has 166 valence electrons. The molecule has 0 unspecified atom stereocenters. The summed E-state index contributed by atoms with van der Waals surface area (Å²) < 4.78 is 16.8. The van der Waals surface area contributed by atoms with E-state index < -0.39 is 0 Å². The summed E-state index contributed by atoms with van der Waals surface area (Å²) in [5, 5.41) is 4.36. The third-order valence-electron chi connectivity index (χ3n) is 4.85. The number of hydrazone groups is 1. The van der Waals surface area contributed by atoms with Crippen LogP contribution in [0.5, 0.6) is 5.75 Å². The van der Waals surface area contributed by atoms with Gasteiger partial charge in [0.25, 0.3) is 0 Å². The van der Waals surface area contributed by atoms with Crippen LogP contribution in [0.1, 0.15) is 19.4 Å². The number of nitrogens with zero attached hydrogens (tertiary/aromatic N) is 6. The van der Waals surface area contributed by atoms with Gasteiger partial charge in [-0.15, -0.1) is 0 Å². The van der Waals surface area contributed by atoms with E-state index in [0.717, 1.165) is 37.5 Å². The van der Waals surface area contributed by atoms with Gasteiger partial charge >= 0.3 is 0 Å². The topological polar surface area (TPSA) is 97.2 Å². The molecule has 2 fully saturated rings. The Hall–Kier alpha value is -2.98. The lowest BCUT2D eigenvalue weighted by Crippen LogP contribution is -2.40. The van der Waals surface area contributed by atoms with Gasteiger partial charge in [-0.25, -0.2) is 5.43 Å². The first-order valence-electron chi connectivity index (χ1n) is 10.7. The highest BCUT2D eigenvalue weighted by atomic mass is 16.5. The lowest BCUT2D eigenvalue weighted by molar-refractivity contribution is 0.121. The van der Waals surface area contributed by atoms with Gasteiger partial charge in [-0.3, -0.25) is 0 Å². The van der Waals surface area contributed by atoms with Crippen LogP contribution >= 0.6 is 0 Å². The van der Waals surface area contributed by atoms with Gasteiger partial charge < -0.3 is 24.0 Å². The molecule has 4 rings (SSSR count). The highest BCUT2D eigenvalue weighted by Gasteiger charge is 2.20. The Kier molecular flexibility index (Phi) is 7.11. The van der Waals surface area contributed by atoms with Crippen molar-refractivity contribution in [2.75, 3.05) is 67.8 Å². The molecule has 1 N–H and O–H groups in total. The molecule has 0 atom stereocenters. The SMILES string of the molecule is CC(C)Oc1ccccc1/C=N\Nc1nc(N2CCOCC2)nc(N2CCOCC2)n1. The summed E-state index contributed by atoms with van der Waals surface area (Å²) in [5.41, 5.74) is 3.84. The van der Waals surface area contributed by atoms with E-state index in [2.05, 4.69) is 30.3 Å². The molecule has 0 radical (unpaired) electrons. The predicted molar refractivity (Wildman–Crippen MR) is 119 cm³/mol. The maximum atomic E-state index is 5.85. The molecule has 2 aliphatic heterocycles. The number of anilines is 3. The molecule has 10 nitrogen and oxygen atoms in total. The van der Waals surface area contributed by atoms with Crippen LogP contribution < -0.4 is 20.0 Å². The van der Waals surface area contributed by atoms with Gasteiger partial charge in [-0.2, -0.15) is 20.1 Å². The molecule has 2 saturated heterocycles. The number of morpholine rings is 2. The van der Waals surface area contributed by atoms with E-state index in [-0.39, 0.29) is 6.10 Å². The fraction of sp³-hybridized carbons (Fsp3) is 0.524. The fourth-order valence-electron chi connectivity index (χ4n) is 3.32. The standard InChI is InChI=1S/C21H29N7O3/c1-16(2)31-18-6-4-3-5-17(18)15-22-26-19-23-20(27-7-11-29-12-8-27)25-21(24-19)28-9-13-30-14-10-28/h3-6,15-16H,7-14H2,1-2H3,(H,23,24,25,26)/b22-15-. The summed E-state index contributed by atoms with van der Waals surface area (Å²) in [5.74, 6) is 2.43. The molecule has 0 bridgehead atoms. The number of para-hydroxylation sites is 1. The minimum absolute atomic E-state index is 0.0817. The Morgan fingerprint density at radius 1 is 0.935 bits per heavy atom. The van der Waals surface area contributed by atoms with Crippen molar-refractivity contribution >= 4 is 24.1 Å². The van der Waals surface area contributed by atoms with Gasteiger partial charge in [0.15, 0.2) is 0 Å². The van der Waals surface area contributed by atoms with Crippen molar-refractivity contribution in [3.8, 4) is 5.75 Å². The number of benzene rings is 1. The Labute approximate surface area is 182 Å². The largest absolute Gasteiger partial charge is 0.490 e. The van der Waals surface area contributed by atoms with Crippen molar-refractivity contribution in [1.82, 2.24) is 15.0 Å². The summed E-state index contributed by atoms with van der Waals surface area (Å²) in [6.07, 6.45) is 1.79. The summed E-state index contributed by atoms with van der Waals surface area (Å²) >= 11 is 0. The number of rotatable bonds is 7. The van der Waals surface area contributed by atoms with Crippen LogP contribution in [0.25, 0.3) is 0 Å². The number of ether oxygens (including phenoxy) is 3. The van der Waals surface area contributed by atoms with Crippen molar-refractivity contribution in [3.63, 3.8) is 0 Å². The van der Waals surface area contributed by atoms with Gasteiger partial charge in [0.2, 0.25) is 17.8 Å². The second kappa shape index (κ2) is 10.4. The number of nitrogens with one attached hydrogen (secondary N) is 1. The molecule has 2 aliphatic rings. The molecule has 1 aromatic heterocycles. The van der Waals surface area contributed by atoms with Gasteiger partial charge in [-0.05, 0) is 26.0 Å². The third-order valence-corrected chi connectivity index (χ3v) is 4.85. The molecule has 0 saturated carbocycles. The zero-order chi connectivity index (χ0) is 21.5. The van der Waals surface area contributed by atoms with Gasteiger partial charge in [0, 0.05) is 31.7 Å². The van der Waals surface area contributed by atoms with Crippen LogP contribution in [0.2, 0.25) is 0 Å². The predicted octanol–water partition coefficient (Wildman–Crippen LogP) is 1.78. The van der Waals surface area contributed by atoms with E-state index in [4.69, 9.17) is 19.2 Å². The lowest BCUT2D eigenvalue weighted by Gasteiger charge is -2.30. The van der Waals surface area contributed by atoms with E-state index in [9.17, 15) is 0 Å².